The van der Waals surface area contributed by atoms with E-state index in [9.17, 15) is 0 Å². The number of ether oxygens (including phenoxy) is 1. The minimum absolute atomic E-state index is 0.240. The molecule has 0 spiro atoms. The first-order valence-electron chi connectivity index (χ1n) is 6.90. The van der Waals surface area contributed by atoms with E-state index in [1.807, 2.05) is 19.1 Å². The highest BCUT2D eigenvalue weighted by Gasteiger charge is 2.15. The Morgan fingerprint density at radius 2 is 2.19 bits per heavy atom. The van der Waals surface area contributed by atoms with Crippen molar-refractivity contribution in [1.29, 1.82) is 0 Å². The van der Waals surface area contributed by atoms with Gasteiger partial charge in [-0.2, -0.15) is 4.98 Å². The van der Waals surface area contributed by atoms with E-state index in [4.69, 9.17) is 9.26 Å². The van der Waals surface area contributed by atoms with Crippen LogP contribution in [0.1, 0.15) is 23.3 Å². The summed E-state index contributed by atoms with van der Waals surface area (Å²) in [6.45, 7) is 3.16. The van der Waals surface area contributed by atoms with Crippen LogP contribution in [-0.2, 0) is 6.54 Å². The zero-order valence-corrected chi connectivity index (χ0v) is 13.0. The number of nitrogens with zero attached hydrogens (tertiary/aromatic N) is 3. The molecule has 0 saturated carbocycles. The molecule has 2 rings (SSSR count). The number of aromatic nitrogens is 2. The Hall–Kier alpha value is -1.92. The van der Waals surface area contributed by atoms with Gasteiger partial charge in [0.05, 0.1) is 13.7 Å². The number of hydrogen-bond donors (Lipinski definition) is 1. The predicted molar refractivity (Wildman–Crippen MR) is 80.2 cm³/mol. The Morgan fingerprint density at radius 3 is 2.81 bits per heavy atom. The molecule has 0 saturated heterocycles. The summed E-state index contributed by atoms with van der Waals surface area (Å²) in [6.07, 6.45) is 0. The summed E-state index contributed by atoms with van der Waals surface area (Å²) < 4.78 is 10.4. The third kappa shape index (κ3) is 4.27. The van der Waals surface area contributed by atoms with Gasteiger partial charge in [0.15, 0.2) is 5.82 Å². The molecule has 1 aromatic carbocycles. The van der Waals surface area contributed by atoms with Crippen molar-refractivity contribution in [2.45, 2.75) is 19.5 Å². The quantitative estimate of drug-likeness (QED) is 0.838. The second kappa shape index (κ2) is 7.19. The Bertz CT molecular complexity index is 568. The summed E-state index contributed by atoms with van der Waals surface area (Å²) in [7, 11) is 5.80. The van der Waals surface area contributed by atoms with Crippen LogP contribution in [0.25, 0.3) is 0 Å². The van der Waals surface area contributed by atoms with Gasteiger partial charge in [0.1, 0.15) is 5.75 Å². The van der Waals surface area contributed by atoms with Crippen molar-refractivity contribution in [3.8, 4) is 5.75 Å². The van der Waals surface area contributed by atoms with Crippen LogP contribution in [0, 0.1) is 6.92 Å². The summed E-state index contributed by atoms with van der Waals surface area (Å²) in [5.41, 5.74) is 1.20. The number of rotatable bonds is 7. The van der Waals surface area contributed by atoms with Crippen molar-refractivity contribution in [3.05, 3.63) is 41.5 Å². The highest BCUT2D eigenvalue weighted by atomic mass is 16.5. The molecule has 6 heteroatoms. The maximum atomic E-state index is 5.29. The molecular formula is C15H22N4O2. The van der Waals surface area contributed by atoms with Crippen LogP contribution >= 0.6 is 0 Å². The first kappa shape index (κ1) is 15.5. The molecule has 1 N–H and O–H groups in total. The van der Waals surface area contributed by atoms with Crippen LogP contribution in [-0.4, -0.2) is 42.8 Å². The number of likely N-dealkylation sites (N-methyl/N-ethyl adjacent to an activating group) is 1. The molecule has 2 aromatic rings. The Kier molecular flexibility index (Phi) is 5.30. The van der Waals surface area contributed by atoms with E-state index in [1.54, 1.807) is 7.11 Å². The van der Waals surface area contributed by atoms with Gasteiger partial charge in [-0.15, -0.1) is 0 Å². The summed E-state index contributed by atoms with van der Waals surface area (Å²) in [4.78, 5) is 6.35. The molecule has 0 bridgehead atoms. The number of hydrogen-bond acceptors (Lipinski definition) is 6. The Labute approximate surface area is 125 Å². The first-order valence-corrected chi connectivity index (χ1v) is 6.90. The van der Waals surface area contributed by atoms with Crippen LogP contribution in [0.4, 0.5) is 0 Å². The standard InChI is InChI=1S/C15H22N4O2/c1-11-17-15(21-18-11)10-16-9-14(19(2)3)12-6-5-7-13(8-12)20-4/h5-8,14,16H,9-10H2,1-4H3/t14-/m0/s1. The number of nitrogens with one attached hydrogen (secondary N) is 1. The van der Waals surface area contributed by atoms with Crippen LogP contribution in [0.5, 0.6) is 5.75 Å². The van der Waals surface area contributed by atoms with E-state index in [2.05, 4.69) is 46.6 Å². The van der Waals surface area contributed by atoms with Crippen LogP contribution in [0.3, 0.4) is 0 Å². The smallest absolute Gasteiger partial charge is 0.240 e. The van der Waals surface area contributed by atoms with Crippen molar-refractivity contribution in [1.82, 2.24) is 20.4 Å². The summed E-state index contributed by atoms with van der Waals surface area (Å²) in [5.74, 6) is 2.13. The van der Waals surface area contributed by atoms with Gasteiger partial charge in [-0.05, 0) is 38.7 Å². The zero-order chi connectivity index (χ0) is 15.2. The van der Waals surface area contributed by atoms with Gasteiger partial charge in [0, 0.05) is 12.6 Å². The second-order valence-electron chi connectivity index (χ2n) is 5.12. The number of aryl methyl sites for hydroxylation is 1. The molecule has 21 heavy (non-hydrogen) atoms. The average molecular weight is 290 g/mol. The molecule has 1 heterocycles. The molecule has 0 amide bonds. The molecule has 0 aliphatic carbocycles. The lowest BCUT2D eigenvalue weighted by molar-refractivity contribution is 0.280. The van der Waals surface area contributed by atoms with Gasteiger partial charge >= 0.3 is 0 Å². The van der Waals surface area contributed by atoms with Crippen molar-refractivity contribution < 1.29 is 9.26 Å². The number of benzene rings is 1. The van der Waals surface area contributed by atoms with Crippen molar-refractivity contribution in [2.75, 3.05) is 27.7 Å². The Balaban J connectivity index is 1.98. The summed E-state index contributed by atoms with van der Waals surface area (Å²) in [5, 5.41) is 7.13. The number of methoxy groups -OCH3 is 1. The van der Waals surface area contributed by atoms with E-state index in [0.717, 1.165) is 12.3 Å². The topological polar surface area (TPSA) is 63.4 Å². The van der Waals surface area contributed by atoms with Crippen LogP contribution in [0.15, 0.2) is 28.8 Å². The minimum Gasteiger partial charge on any atom is -0.497 e. The normalized spacial score (nSPS) is 12.6. The van der Waals surface area contributed by atoms with Gasteiger partial charge in [0.2, 0.25) is 5.89 Å². The predicted octanol–water partition coefficient (Wildman–Crippen LogP) is 1.78. The maximum absolute atomic E-state index is 5.29. The van der Waals surface area contributed by atoms with Gasteiger partial charge in [-0.25, -0.2) is 0 Å². The molecule has 0 aliphatic rings. The second-order valence-corrected chi connectivity index (χ2v) is 5.12. The molecule has 0 unspecified atom stereocenters. The maximum Gasteiger partial charge on any atom is 0.240 e. The Morgan fingerprint density at radius 1 is 1.38 bits per heavy atom. The molecule has 0 aliphatic heterocycles. The first-order chi connectivity index (χ1) is 10.1. The fraction of sp³-hybridized carbons (Fsp3) is 0.467. The monoisotopic (exact) mass is 290 g/mol. The molecule has 0 radical (unpaired) electrons. The third-order valence-corrected chi connectivity index (χ3v) is 3.29. The van der Waals surface area contributed by atoms with E-state index in [0.29, 0.717) is 18.3 Å². The van der Waals surface area contributed by atoms with Gasteiger partial charge in [0.25, 0.3) is 0 Å². The molecule has 1 atom stereocenters. The summed E-state index contributed by atoms with van der Waals surface area (Å²) >= 11 is 0. The van der Waals surface area contributed by atoms with E-state index >= 15 is 0 Å². The van der Waals surface area contributed by atoms with Gasteiger partial charge in [-0.1, -0.05) is 17.3 Å². The average Bonchev–Trinajstić information content (AvgIpc) is 2.89. The largest absolute Gasteiger partial charge is 0.497 e. The lowest BCUT2D eigenvalue weighted by Crippen LogP contribution is -2.30. The molecule has 114 valence electrons. The zero-order valence-electron chi connectivity index (χ0n) is 13.0. The van der Waals surface area contributed by atoms with E-state index in [-0.39, 0.29) is 6.04 Å². The van der Waals surface area contributed by atoms with Gasteiger partial charge in [-0.3, -0.25) is 0 Å². The van der Waals surface area contributed by atoms with Crippen LogP contribution < -0.4 is 10.1 Å². The molecule has 0 fully saturated rings. The van der Waals surface area contributed by atoms with E-state index in [1.165, 1.54) is 5.56 Å². The molecule has 6 nitrogen and oxygen atoms in total. The van der Waals surface area contributed by atoms with Crippen molar-refractivity contribution >= 4 is 0 Å². The minimum atomic E-state index is 0.240. The lowest BCUT2D eigenvalue weighted by atomic mass is 10.1. The SMILES string of the molecule is COc1cccc([C@H](CNCc2nc(C)no2)N(C)C)c1. The van der Waals surface area contributed by atoms with Crippen LogP contribution in [0.2, 0.25) is 0 Å². The lowest BCUT2D eigenvalue weighted by Gasteiger charge is -2.25. The van der Waals surface area contributed by atoms with E-state index < -0.39 is 0 Å². The van der Waals surface area contributed by atoms with Gasteiger partial charge < -0.3 is 19.5 Å². The fourth-order valence-electron chi connectivity index (χ4n) is 2.18. The van der Waals surface area contributed by atoms with Crippen molar-refractivity contribution in [2.24, 2.45) is 0 Å². The third-order valence-electron chi connectivity index (χ3n) is 3.29. The van der Waals surface area contributed by atoms with Crippen molar-refractivity contribution in [3.63, 3.8) is 0 Å². The fourth-order valence-corrected chi connectivity index (χ4v) is 2.18. The summed E-state index contributed by atoms with van der Waals surface area (Å²) in [6, 6.07) is 8.36. The highest BCUT2D eigenvalue weighted by molar-refractivity contribution is 5.30. The molecule has 1 aromatic heterocycles. The highest BCUT2D eigenvalue weighted by Crippen LogP contribution is 2.22. The molecular weight excluding hydrogens is 268 g/mol.